The number of aliphatic imine (C=N–C) groups is 1. The molecule has 1 fully saturated rings. The van der Waals surface area contributed by atoms with Crippen LogP contribution < -0.4 is 0 Å². The van der Waals surface area contributed by atoms with E-state index in [1.54, 1.807) is 0 Å². The summed E-state index contributed by atoms with van der Waals surface area (Å²) >= 11 is 12.7. The first-order valence-electron chi connectivity index (χ1n) is 5.47. The predicted octanol–water partition coefficient (Wildman–Crippen LogP) is 2.54. The van der Waals surface area contributed by atoms with Crippen LogP contribution in [0.1, 0.15) is 12.8 Å². The predicted molar refractivity (Wildman–Crippen MR) is 74.2 cm³/mol. The van der Waals surface area contributed by atoms with Crippen molar-refractivity contribution in [1.82, 2.24) is 4.31 Å². The van der Waals surface area contributed by atoms with Crippen LogP contribution in [0, 0.1) is 0 Å². The molecular formula is C10H10Cl2N2O3S2. The number of thiophene rings is 1. The largest absolute Gasteiger partial charge is 0.245 e. The zero-order chi connectivity index (χ0) is 14.0. The molecule has 104 valence electrons. The van der Waals surface area contributed by atoms with E-state index >= 15 is 0 Å². The van der Waals surface area contributed by atoms with Crippen LogP contribution in [-0.2, 0) is 14.8 Å². The number of rotatable bonds is 3. The quantitative estimate of drug-likeness (QED) is 0.627. The molecule has 1 aromatic heterocycles. The highest BCUT2D eigenvalue weighted by Crippen LogP contribution is 2.36. The lowest BCUT2D eigenvalue weighted by molar-refractivity contribution is 0.316. The van der Waals surface area contributed by atoms with Crippen molar-refractivity contribution < 1.29 is 13.2 Å². The van der Waals surface area contributed by atoms with Crippen LogP contribution in [0.15, 0.2) is 16.0 Å². The van der Waals surface area contributed by atoms with Gasteiger partial charge in [-0.1, -0.05) is 23.2 Å². The first-order chi connectivity index (χ1) is 8.95. The van der Waals surface area contributed by atoms with E-state index in [1.807, 2.05) is 0 Å². The van der Waals surface area contributed by atoms with Gasteiger partial charge >= 0.3 is 0 Å². The van der Waals surface area contributed by atoms with Gasteiger partial charge in [-0.25, -0.2) is 18.2 Å². The second-order valence-electron chi connectivity index (χ2n) is 4.07. The van der Waals surface area contributed by atoms with Gasteiger partial charge in [-0.3, -0.25) is 0 Å². The maximum atomic E-state index is 12.4. The number of nitrogens with zero attached hydrogens (tertiary/aromatic N) is 2. The highest BCUT2D eigenvalue weighted by Gasteiger charge is 2.32. The minimum absolute atomic E-state index is 0.0138. The molecule has 1 atom stereocenters. The van der Waals surface area contributed by atoms with Gasteiger partial charge in [-0.05, 0) is 18.9 Å². The van der Waals surface area contributed by atoms with E-state index in [9.17, 15) is 13.2 Å². The molecule has 1 aliphatic rings. The molecule has 1 saturated heterocycles. The van der Waals surface area contributed by atoms with Gasteiger partial charge in [-0.2, -0.15) is 4.31 Å². The van der Waals surface area contributed by atoms with Crippen molar-refractivity contribution in [1.29, 1.82) is 0 Å². The SMILES string of the molecule is O=C=NC1CCCN(S(=O)(=O)c2cc(Cl)sc2Cl)C1. The van der Waals surface area contributed by atoms with Crippen LogP contribution in [-0.4, -0.2) is 37.9 Å². The summed E-state index contributed by atoms with van der Waals surface area (Å²) in [6.07, 6.45) is 2.80. The molecule has 1 aliphatic heterocycles. The lowest BCUT2D eigenvalue weighted by Gasteiger charge is -2.28. The minimum Gasteiger partial charge on any atom is -0.211 e. The third-order valence-electron chi connectivity index (χ3n) is 2.84. The molecule has 1 aromatic rings. The van der Waals surface area contributed by atoms with Crippen LogP contribution in [0.5, 0.6) is 0 Å². The second-order valence-corrected chi connectivity index (χ2v) is 8.26. The Balaban J connectivity index is 2.29. The van der Waals surface area contributed by atoms with Crippen molar-refractivity contribution >= 4 is 50.6 Å². The van der Waals surface area contributed by atoms with E-state index in [0.29, 0.717) is 23.7 Å². The summed E-state index contributed by atoms with van der Waals surface area (Å²) in [5.41, 5.74) is 0. The zero-order valence-corrected chi connectivity index (χ0v) is 12.8. The first-order valence-corrected chi connectivity index (χ1v) is 8.48. The standard InChI is InChI=1S/C10H10Cl2N2O3S2/c11-9-4-8(10(12)18-9)19(16,17)14-3-1-2-7(5-14)13-6-15/h4,7H,1-3,5H2. The van der Waals surface area contributed by atoms with Gasteiger partial charge in [-0.15, -0.1) is 11.3 Å². The Bertz CT molecular complexity index is 623. The molecule has 2 rings (SSSR count). The third kappa shape index (κ3) is 3.18. The van der Waals surface area contributed by atoms with Crippen LogP contribution in [0.25, 0.3) is 0 Å². The van der Waals surface area contributed by atoms with Crippen LogP contribution in [0.2, 0.25) is 8.67 Å². The molecule has 19 heavy (non-hydrogen) atoms. The summed E-state index contributed by atoms with van der Waals surface area (Å²) < 4.78 is 26.6. The van der Waals surface area contributed by atoms with Gasteiger partial charge in [0.15, 0.2) is 0 Å². The van der Waals surface area contributed by atoms with Crippen molar-refractivity contribution in [2.75, 3.05) is 13.1 Å². The zero-order valence-electron chi connectivity index (χ0n) is 9.67. The first kappa shape index (κ1) is 15.0. The Hall–Kier alpha value is -0.430. The van der Waals surface area contributed by atoms with Gasteiger partial charge in [0.25, 0.3) is 0 Å². The number of sulfonamides is 1. The maximum Gasteiger partial charge on any atom is 0.245 e. The van der Waals surface area contributed by atoms with E-state index < -0.39 is 10.0 Å². The minimum atomic E-state index is -3.69. The van der Waals surface area contributed by atoms with Gasteiger partial charge in [0.1, 0.15) is 9.23 Å². The second kappa shape index (κ2) is 5.91. The highest BCUT2D eigenvalue weighted by atomic mass is 35.5. The number of hydrogen-bond acceptors (Lipinski definition) is 5. The van der Waals surface area contributed by atoms with E-state index in [-0.39, 0.29) is 21.8 Å². The average molecular weight is 341 g/mol. The summed E-state index contributed by atoms with van der Waals surface area (Å²) in [5.74, 6) is 0. The van der Waals surface area contributed by atoms with Gasteiger partial charge in [0.05, 0.1) is 10.4 Å². The van der Waals surface area contributed by atoms with E-state index in [1.165, 1.54) is 16.5 Å². The van der Waals surface area contributed by atoms with Gasteiger partial charge < -0.3 is 0 Å². The molecule has 0 radical (unpaired) electrons. The van der Waals surface area contributed by atoms with Gasteiger partial charge in [0.2, 0.25) is 16.1 Å². The fourth-order valence-electron chi connectivity index (χ4n) is 1.96. The summed E-state index contributed by atoms with van der Waals surface area (Å²) in [7, 11) is -3.69. The monoisotopic (exact) mass is 340 g/mol. The lowest BCUT2D eigenvalue weighted by Crippen LogP contribution is -2.41. The Morgan fingerprint density at radius 1 is 1.47 bits per heavy atom. The van der Waals surface area contributed by atoms with Crippen LogP contribution >= 0.6 is 34.5 Å². The van der Waals surface area contributed by atoms with E-state index in [0.717, 1.165) is 11.3 Å². The smallest absolute Gasteiger partial charge is 0.211 e. The fraction of sp³-hybridized carbons (Fsp3) is 0.500. The molecule has 0 bridgehead atoms. The molecule has 1 unspecified atom stereocenters. The van der Waals surface area contributed by atoms with Crippen molar-refractivity contribution in [3.63, 3.8) is 0 Å². The topological polar surface area (TPSA) is 66.8 Å². The molecular weight excluding hydrogens is 331 g/mol. The van der Waals surface area contributed by atoms with Crippen molar-refractivity contribution in [3.8, 4) is 0 Å². The van der Waals surface area contributed by atoms with Crippen molar-refractivity contribution in [2.24, 2.45) is 4.99 Å². The average Bonchev–Trinajstić information content (AvgIpc) is 2.70. The molecule has 0 aromatic carbocycles. The number of piperidine rings is 1. The summed E-state index contributed by atoms with van der Waals surface area (Å²) in [4.78, 5) is 13.9. The van der Waals surface area contributed by atoms with Crippen molar-refractivity contribution in [3.05, 3.63) is 14.7 Å². The molecule has 0 saturated carbocycles. The maximum absolute atomic E-state index is 12.4. The highest BCUT2D eigenvalue weighted by molar-refractivity contribution is 7.89. The van der Waals surface area contributed by atoms with Crippen LogP contribution in [0.3, 0.4) is 0 Å². The third-order valence-corrected chi connectivity index (χ3v) is 6.46. The molecule has 2 heterocycles. The molecule has 0 aliphatic carbocycles. The summed E-state index contributed by atoms with van der Waals surface area (Å²) in [5, 5.41) is 0. The molecule has 5 nitrogen and oxygen atoms in total. The number of halogens is 2. The normalized spacial score (nSPS) is 21.1. The molecule has 9 heteroatoms. The lowest BCUT2D eigenvalue weighted by atomic mass is 10.1. The molecule has 0 N–H and O–H groups in total. The summed E-state index contributed by atoms with van der Waals surface area (Å²) in [6, 6.07) is 1.00. The van der Waals surface area contributed by atoms with Crippen LogP contribution in [0.4, 0.5) is 0 Å². The Morgan fingerprint density at radius 3 is 2.79 bits per heavy atom. The Morgan fingerprint density at radius 2 is 2.21 bits per heavy atom. The van der Waals surface area contributed by atoms with Gasteiger partial charge in [0, 0.05) is 13.1 Å². The number of isocyanates is 1. The molecule has 0 spiro atoms. The van der Waals surface area contributed by atoms with E-state index in [2.05, 4.69) is 4.99 Å². The Labute approximate surface area is 124 Å². The number of carbonyl (C=O) groups excluding carboxylic acids is 1. The van der Waals surface area contributed by atoms with Crippen molar-refractivity contribution in [2.45, 2.75) is 23.8 Å². The Kier molecular flexibility index (Phi) is 4.66. The summed E-state index contributed by atoms with van der Waals surface area (Å²) in [6.45, 7) is 0.554. The molecule has 0 amide bonds. The number of hydrogen-bond donors (Lipinski definition) is 0. The fourth-order valence-corrected chi connectivity index (χ4v) is 5.59. The van der Waals surface area contributed by atoms with E-state index in [4.69, 9.17) is 23.2 Å².